The summed E-state index contributed by atoms with van der Waals surface area (Å²) < 4.78 is 2.35. The highest BCUT2D eigenvalue weighted by Crippen LogP contribution is 2.50. The van der Waals surface area contributed by atoms with Gasteiger partial charge in [-0.15, -0.1) is 0 Å². The highest BCUT2D eigenvalue weighted by atomic mass is 15.3. The second kappa shape index (κ2) is 9.32. The van der Waals surface area contributed by atoms with Gasteiger partial charge >= 0.3 is 0 Å². The van der Waals surface area contributed by atoms with Gasteiger partial charge in [-0.1, -0.05) is 97.1 Å². The molecule has 1 aromatic heterocycles. The summed E-state index contributed by atoms with van der Waals surface area (Å²) in [6.45, 7) is 4.49. The van der Waals surface area contributed by atoms with Crippen LogP contribution in [-0.4, -0.2) is 17.2 Å². The fourth-order valence-corrected chi connectivity index (χ4v) is 6.27. The molecule has 1 aliphatic heterocycles. The second-order valence-electron chi connectivity index (χ2n) is 10.4. The van der Waals surface area contributed by atoms with E-state index in [9.17, 15) is 0 Å². The number of anilines is 2. The first-order valence-corrected chi connectivity index (χ1v) is 13.8. The zero-order chi connectivity index (χ0) is 27.3. The van der Waals surface area contributed by atoms with Crippen molar-refractivity contribution in [3.05, 3.63) is 139 Å². The Morgan fingerprint density at radius 2 is 1.34 bits per heavy atom. The highest BCUT2D eigenvalue weighted by Gasteiger charge is 2.29. The zero-order valence-electron chi connectivity index (χ0n) is 22.4. The van der Waals surface area contributed by atoms with Gasteiger partial charge < -0.3 is 4.57 Å². The van der Waals surface area contributed by atoms with E-state index in [0.29, 0.717) is 12.5 Å². The van der Waals surface area contributed by atoms with E-state index in [1.807, 2.05) is 18.2 Å². The molecule has 0 atom stereocenters. The van der Waals surface area contributed by atoms with Crippen molar-refractivity contribution in [1.29, 1.82) is 0 Å². The van der Waals surface area contributed by atoms with Crippen molar-refractivity contribution < 1.29 is 0 Å². The maximum absolute atomic E-state index is 5.00. The summed E-state index contributed by atoms with van der Waals surface area (Å²) in [6.07, 6.45) is 0. The third-order valence-electron chi connectivity index (χ3n) is 8.05. The van der Waals surface area contributed by atoms with Gasteiger partial charge in [-0.05, 0) is 59.6 Å². The number of benzene rings is 6. The van der Waals surface area contributed by atoms with Crippen molar-refractivity contribution in [2.75, 3.05) is 4.90 Å². The minimum Gasteiger partial charge on any atom is -0.309 e. The van der Waals surface area contributed by atoms with Gasteiger partial charge in [0.25, 0.3) is 0 Å². The molecule has 4 heteroatoms. The van der Waals surface area contributed by atoms with Crippen LogP contribution in [0.2, 0.25) is 0 Å². The highest BCUT2D eigenvalue weighted by molar-refractivity contribution is 6.23. The van der Waals surface area contributed by atoms with Crippen molar-refractivity contribution in [3.8, 4) is 16.8 Å². The third kappa shape index (κ3) is 3.61. The predicted octanol–water partition coefficient (Wildman–Crippen LogP) is 9.31. The molecule has 41 heavy (non-hydrogen) atoms. The van der Waals surface area contributed by atoms with E-state index in [4.69, 9.17) is 4.99 Å². The van der Waals surface area contributed by atoms with E-state index in [-0.39, 0.29) is 0 Å². The summed E-state index contributed by atoms with van der Waals surface area (Å²) in [5.74, 6) is 0.582. The Morgan fingerprint density at radius 3 is 2.15 bits per heavy atom. The molecule has 0 radical (unpaired) electrons. The number of guanidine groups is 1. The lowest BCUT2D eigenvalue weighted by atomic mass is 9.90. The summed E-state index contributed by atoms with van der Waals surface area (Å²) >= 11 is 0. The first kappa shape index (κ1) is 23.4. The molecule has 0 amide bonds. The van der Waals surface area contributed by atoms with Gasteiger partial charge in [0.1, 0.15) is 0 Å². The second-order valence-corrected chi connectivity index (χ2v) is 10.4. The Morgan fingerprint density at radius 1 is 0.610 bits per heavy atom. The minimum atomic E-state index is 0.519. The Balaban J connectivity index is 1.46. The fraction of sp³-hybridized carbons (Fsp3) is 0.0270. The molecule has 0 unspecified atom stereocenters. The Labute approximate surface area is 238 Å². The van der Waals surface area contributed by atoms with Crippen LogP contribution in [0.25, 0.3) is 49.4 Å². The van der Waals surface area contributed by atoms with Crippen LogP contribution in [0.15, 0.2) is 143 Å². The molecule has 4 nitrogen and oxygen atoms in total. The summed E-state index contributed by atoms with van der Waals surface area (Å²) in [5, 5.41) is 4.83. The van der Waals surface area contributed by atoms with Gasteiger partial charge in [0.2, 0.25) is 5.96 Å². The van der Waals surface area contributed by atoms with Crippen LogP contribution < -0.4 is 4.90 Å². The third-order valence-corrected chi connectivity index (χ3v) is 8.05. The largest absolute Gasteiger partial charge is 0.309 e. The molecule has 0 spiro atoms. The molecule has 6 aromatic carbocycles. The molecule has 0 saturated heterocycles. The van der Waals surface area contributed by atoms with Crippen molar-refractivity contribution in [2.45, 2.75) is 6.54 Å². The van der Waals surface area contributed by atoms with Crippen LogP contribution >= 0.6 is 0 Å². The fourth-order valence-electron chi connectivity index (χ4n) is 6.27. The Bertz CT molecular complexity index is 2130. The van der Waals surface area contributed by atoms with E-state index in [2.05, 4.69) is 136 Å². The first-order chi connectivity index (χ1) is 20.3. The molecule has 1 aliphatic rings. The average molecular weight is 527 g/mol. The van der Waals surface area contributed by atoms with E-state index < -0.39 is 0 Å². The molecule has 0 aliphatic carbocycles. The predicted molar refractivity (Wildman–Crippen MR) is 173 cm³/mol. The first-order valence-electron chi connectivity index (χ1n) is 13.8. The van der Waals surface area contributed by atoms with Crippen molar-refractivity contribution >= 4 is 56.6 Å². The van der Waals surface area contributed by atoms with Crippen LogP contribution in [0.3, 0.4) is 0 Å². The number of aromatic nitrogens is 1. The molecule has 8 rings (SSSR count). The van der Waals surface area contributed by atoms with Crippen LogP contribution in [0.4, 0.5) is 11.4 Å². The molecule has 194 valence electrons. The van der Waals surface area contributed by atoms with Gasteiger partial charge in [0.15, 0.2) is 0 Å². The van der Waals surface area contributed by atoms with Crippen molar-refractivity contribution in [3.63, 3.8) is 0 Å². The zero-order valence-corrected chi connectivity index (χ0v) is 22.4. The molecule has 0 saturated carbocycles. The Hall–Kier alpha value is -5.48. The molecular formula is C37H26N4. The lowest BCUT2D eigenvalue weighted by Crippen LogP contribution is -2.27. The molecule has 2 heterocycles. The molecule has 0 bridgehead atoms. The minimum absolute atomic E-state index is 0.519. The van der Waals surface area contributed by atoms with Gasteiger partial charge in [-0.2, -0.15) is 0 Å². The summed E-state index contributed by atoms with van der Waals surface area (Å²) in [6, 6.07) is 47.1. The van der Waals surface area contributed by atoms with Crippen molar-refractivity contribution in [2.24, 2.45) is 9.98 Å². The number of para-hydroxylation sites is 2. The number of rotatable bonds is 3. The van der Waals surface area contributed by atoms with Crippen LogP contribution in [0.5, 0.6) is 0 Å². The monoisotopic (exact) mass is 526 g/mol. The maximum Gasteiger partial charge on any atom is 0.229 e. The Kier molecular flexibility index (Phi) is 5.32. The maximum atomic E-state index is 5.00. The standard InChI is InChI=1S/C37H26N4/c1-38-37(39-24-25-12-4-2-5-13-25)41-33-21-11-15-26-14-10-19-29(36(26)33)31-22-30-28-18-8-9-20-32(28)40(34(30)23-35(31)41)27-16-6-3-7-17-27/h2-23H,1,24H2. The molecule has 0 fully saturated rings. The van der Waals surface area contributed by atoms with E-state index in [1.165, 1.54) is 32.6 Å². The summed E-state index contributed by atoms with van der Waals surface area (Å²) in [7, 11) is 0. The number of nitrogens with zero attached hydrogens (tertiary/aromatic N) is 4. The van der Waals surface area contributed by atoms with Crippen LogP contribution in [0, 0.1) is 0 Å². The average Bonchev–Trinajstić information content (AvgIpc) is 3.36. The molecule has 0 N–H and O–H groups in total. The molecular weight excluding hydrogens is 500 g/mol. The summed E-state index contributed by atoms with van der Waals surface area (Å²) in [5.41, 5.74) is 9.06. The van der Waals surface area contributed by atoms with E-state index in [1.54, 1.807) is 0 Å². The lowest BCUT2D eigenvalue weighted by molar-refractivity contribution is 1.05. The quantitative estimate of drug-likeness (QED) is 0.167. The van der Waals surface area contributed by atoms with Gasteiger partial charge in [-0.25, -0.2) is 9.98 Å². The van der Waals surface area contributed by atoms with Crippen molar-refractivity contribution in [1.82, 2.24) is 4.57 Å². The van der Waals surface area contributed by atoms with Crippen LogP contribution in [0.1, 0.15) is 5.56 Å². The SMILES string of the molecule is C=NC(=NCc1ccccc1)N1c2cc3c(cc2-c2cccc4cccc1c24)c1ccccc1n3-c1ccccc1. The number of fused-ring (bicyclic) bond motifs is 5. The number of hydrogen-bond acceptors (Lipinski definition) is 1. The topological polar surface area (TPSA) is 32.9 Å². The molecule has 7 aromatic rings. The normalized spacial score (nSPS) is 12.7. The van der Waals surface area contributed by atoms with Gasteiger partial charge in [-0.3, -0.25) is 4.90 Å². The van der Waals surface area contributed by atoms with E-state index >= 15 is 0 Å². The summed E-state index contributed by atoms with van der Waals surface area (Å²) in [4.78, 5) is 11.7. The van der Waals surface area contributed by atoms with Gasteiger partial charge in [0, 0.05) is 27.4 Å². The smallest absolute Gasteiger partial charge is 0.229 e. The number of aliphatic imine (C=N–C) groups is 2. The van der Waals surface area contributed by atoms with Gasteiger partial charge in [0.05, 0.1) is 29.0 Å². The number of hydrogen-bond donors (Lipinski definition) is 0. The van der Waals surface area contributed by atoms with E-state index in [0.717, 1.165) is 33.7 Å². The van der Waals surface area contributed by atoms with Crippen LogP contribution in [-0.2, 0) is 6.54 Å². The lowest BCUT2D eigenvalue weighted by Gasteiger charge is -2.32.